The van der Waals surface area contributed by atoms with Crippen molar-refractivity contribution in [3.63, 3.8) is 0 Å². The summed E-state index contributed by atoms with van der Waals surface area (Å²) in [6.45, 7) is 5.13. The number of halogens is 2. The van der Waals surface area contributed by atoms with Crippen LogP contribution in [0.5, 0.6) is 0 Å². The smallest absolute Gasteiger partial charge is 0.224 e. The molecule has 0 unspecified atom stereocenters. The van der Waals surface area contributed by atoms with E-state index in [2.05, 4.69) is 20.6 Å². The van der Waals surface area contributed by atoms with Crippen LogP contribution in [0.1, 0.15) is 18.2 Å². The zero-order valence-corrected chi connectivity index (χ0v) is 12.1. The Morgan fingerprint density at radius 1 is 1.00 bits per heavy atom. The Bertz CT molecular complexity index is 596. The van der Waals surface area contributed by atoms with E-state index >= 15 is 0 Å². The second-order valence-electron chi connectivity index (χ2n) is 4.70. The van der Waals surface area contributed by atoms with E-state index in [0.29, 0.717) is 30.3 Å². The van der Waals surface area contributed by atoms with Crippen LogP contribution in [0.4, 0.5) is 20.5 Å². The van der Waals surface area contributed by atoms with E-state index < -0.39 is 11.6 Å². The number of hydrogen-bond donors (Lipinski definition) is 2. The predicted molar refractivity (Wildman–Crippen MR) is 79.5 cm³/mol. The summed E-state index contributed by atoms with van der Waals surface area (Å²) in [6, 6.07) is 5.36. The molecular weight excluding hydrogens is 274 g/mol. The van der Waals surface area contributed by atoms with E-state index in [1.165, 1.54) is 12.1 Å². The molecule has 0 fully saturated rings. The highest BCUT2D eigenvalue weighted by molar-refractivity contribution is 5.42. The van der Waals surface area contributed by atoms with Gasteiger partial charge in [0.15, 0.2) is 0 Å². The fourth-order valence-electron chi connectivity index (χ4n) is 1.99. The van der Waals surface area contributed by atoms with E-state index in [1.807, 2.05) is 19.9 Å². The molecule has 1 heterocycles. The van der Waals surface area contributed by atoms with E-state index in [4.69, 9.17) is 0 Å². The number of nitrogens with one attached hydrogen (secondary N) is 2. The van der Waals surface area contributed by atoms with Crippen molar-refractivity contribution >= 4 is 11.8 Å². The molecule has 2 rings (SSSR count). The van der Waals surface area contributed by atoms with E-state index in [-0.39, 0.29) is 0 Å². The lowest BCUT2D eigenvalue weighted by Gasteiger charge is -2.09. The van der Waals surface area contributed by atoms with Crippen LogP contribution in [0.3, 0.4) is 0 Å². The predicted octanol–water partition coefficient (Wildman–Crippen LogP) is 3.15. The summed E-state index contributed by atoms with van der Waals surface area (Å²) in [7, 11) is 0. The van der Waals surface area contributed by atoms with Crippen molar-refractivity contribution in [1.29, 1.82) is 0 Å². The molecule has 6 heteroatoms. The standard InChI is InChI=1S/C15H18F2N4/c1-3-18-15-20-10(2)6-14(21-15)19-5-4-11-7-12(16)9-13(17)8-11/h6-9H,3-5H2,1-2H3,(H2,18,19,20,21). The first kappa shape index (κ1) is 15.2. The van der Waals surface area contributed by atoms with Gasteiger partial charge in [-0.15, -0.1) is 0 Å². The van der Waals surface area contributed by atoms with Crippen LogP contribution in [-0.4, -0.2) is 23.1 Å². The summed E-state index contributed by atoms with van der Waals surface area (Å²) in [5.41, 5.74) is 1.46. The molecule has 0 saturated carbocycles. The highest BCUT2D eigenvalue weighted by Crippen LogP contribution is 2.11. The van der Waals surface area contributed by atoms with E-state index in [1.54, 1.807) is 0 Å². The van der Waals surface area contributed by atoms with Crippen molar-refractivity contribution in [1.82, 2.24) is 9.97 Å². The van der Waals surface area contributed by atoms with E-state index in [0.717, 1.165) is 18.3 Å². The van der Waals surface area contributed by atoms with Crippen molar-refractivity contribution in [2.45, 2.75) is 20.3 Å². The molecule has 1 aromatic carbocycles. The molecule has 4 nitrogen and oxygen atoms in total. The second-order valence-corrected chi connectivity index (χ2v) is 4.70. The number of rotatable bonds is 6. The van der Waals surface area contributed by atoms with Crippen molar-refractivity contribution < 1.29 is 8.78 Å². The number of benzene rings is 1. The van der Waals surface area contributed by atoms with Gasteiger partial charge in [0.1, 0.15) is 17.5 Å². The van der Waals surface area contributed by atoms with Gasteiger partial charge in [0, 0.05) is 30.9 Å². The average Bonchev–Trinajstić information content (AvgIpc) is 2.37. The summed E-state index contributed by atoms with van der Waals surface area (Å²) in [4.78, 5) is 8.56. The first-order valence-electron chi connectivity index (χ1n) is 6.85. The van der Waals surface area contributed by atoms with Crippen LogP contribution in [0.25, 0.3) is 0 Å². The third-order valence-corrected chi connectivity index (χ3v) is 2.83. The normalized spacial score (nSPS) is 10.5. The fourth-order valence-corrected chi connectivity index (χ4v) is 1.99. The summed E-state index contributed by atoms with van der Waals surface area (Å²) >= 11 is 0. The zero-order valence-electron chi connectivity index (χ0n) is 12.1. The monoisotopic (exact) mass is 292 g/mol. The minimum atomic E-state index is -0.558. The lowest BCUT2D eigenvalue weighted by Crippen LogP contribution is -2.10. The van der Waals surface area contributed by atoms with Gasteiger partial charge in [-0.2, -0.15) is 4.98 Å². The molecule has 2 aromatic rings. The summed E-state index contributed by atoms with van der Waals surface area (Å²) in [5.74, 6) is 0.141. The van der Waals surface area contributed by atoms with Gasteiger partial charge in [-0.1, -0.05) is 0 Å². The molecule has 0 bridgehead atoms. The van der Waals surface area contributed by atoms with Crippen molar-refractivity contribution in [2.24, 2.45) is 0 Å². The van der Waals surface area contributed by atoms with Gasteiger partial charge in [0.25, 0.3) is 0 Å². The minimum Gasteiger partial charge on any atom is -0.370 e. The van der Waals surface area contributed by atoms with Gasteiger partial charge in [0.2, 0.25) is 5.95 Å². The van der Waals surface area contributed by atoms with Crippen molar-refractivity contribution in [3.8, 4) is 0 Å². The molecule has 2 N–H and O–H groups in total. The summed E-state index contributed by atoms with van der Waals surface area (Å²) < 4.78 is 26.2. The molecule has 0 aliphatic heterocycles. The Labute approximate surface area is 122 Å². The number of nitrogens with zero attached hydrogens (tertiary/aromatic N) is 2. The Morgan fingerprint density at radius 2 is 1.71 bits per heavy atom. The minimum absolute atomic E-state index is 0.508. The lowest BCUT2D eigenvalue weighted by atomic mass is 10.1. The Hall–Kier alpha value is -2.24. The van der Waals surface area contributed by atoms with Crippen molar-refractivity contribution in [2.75, 3.05) is 23.7 Å². The maximum absolute atomic E-state index is 13.1. The molecule has 21 heavy (non-hydrogen) atoms. The molecule has 0 amide bonds. The number of hydrogen-bond acceptors (Lipinski definition) is 4. The first-order chi connectivity index (χ1) is 10.1. The maximum Gasteiger partial charge on any atom is 0.224 e. The molecule has 112 valence electrons. The Balaban J connectivity index is 1.96. The van der Waals surface area contributed by atoms with Gasteiger partial charge in [-0.05, 0) is 38.0 Å². The van der Waals surface area contributed by atoms with Crippen LogP contribution in [0.2, 0.25) is 0 Å². The highest BCUT2D eigenvalue weighted by atomic mass is 19.1. The number of aryl methyl sites for hydroxylation is 1. The Kier molecular flexibility index (Phi) is 5.03. The first-order valence-corrected chi connectivity index (χ1v) is 6.85. The lowest BCUT2D eigenvalue weighted by molar-refractivity contribution is 0.580. The van der Waals surface area contributed by atoms with Crippen LogP contribution in [0.15, 0.2) is 24.3 Å². The third kappa shape index (κ3) is 4.66. The largest absolute Gasteiger partial charge is 0.370 e. The van der Waals surface area contributed by atoms with Crippen LogP contribution in [0, 0.1) is 18.6 Å². The molecular formula is C15H18F2N4. The van der Waals surface area contributed by atoms with Gasteiger partial charge in [-0.3, -0.25) is 0 Å². The average molecular weight is 292 g/mol. The van der Waals surface area contributed by atoms with E-state index in [9.17, 15) is 8.78 Å². The molecule has 0 aliphatic carbocycles. The number of anilines is 2. The van der Waals surface area contributed by atoms with Gasteiger partial charge in [-0.25, -0.2) is 13.8 Å². The fraction of sp³-hybridized carbons (Fsp3) is 0.333. The molecule has 0 aliphatic rings. The summed E-state index contributed by atoms with van der Waals surface area (Å²) in [5, 5.41) is 6.19. The topological polar surface area (TPSA) is 49.8 Å². The zero-order chi connectivity index (χ0) is 15.2. The van der Waals surface area contributed by atoms with Crippen LogP contribution < -0.4 is 10.6 Å². The SMILES string of the molecule is CCNc1nc(C)cc(NCCc2cc(F)cc(F)c2)n1. The second kappa shape index (κ2) is 6.97. The number of aromatic nitrogens is 2. The maximum atomic E-state index is 13.1. The summed E-state index contributed by atoms with van der Waals surface area (Å²) in [6.07, 6.45) is 0.508. The Morgan fingerprint density at radius 3 is 2.38 bits per heavy atom. The molecule has 0 radical (unpaired) electrons. The van der Waals surface area contributed by atoms with Gasteiger partial charge in [0.05, 0.1) is 0 Å². The molecule has 0 spiro atoms. The molecule has 0 saturated heterocycles. The molecule has 0 atom stereocenters. The van der Waals surface area contributed by atoms with Crippen LogP contribution >= 0.6 is 0 Å². The van der Waals surface area contributed by atoms with Crippen molar-refractivity contribution in [3.05, 3.63) is 47.2 Å². The van der Waals surface area contributed by atoms with Gasteiger partial charge < -0.3 is 10.6 Å². The quantitative estimate of drug-likeness (QED) is 0.858. The highest BCUT2D eigenvalue weighted by Gasteiger charge is 2.03. The third-order valence-electron chi connectivity index (χ3n) is 2.83. The molecule has 1 aromatic heterocycles. The van der Waals surface area contributed by atoms with Gasteiger partial charge >= 0.3 is 0 Å². The van der Waals surface area contributed by atoms with Crippen LogP contribution in [-0.2, 0) is 6.42 Å².